The van der Waals surface area contributed by atoms with Gasteiger partial charge in [0.1, 0.15) is 17.4 Å². The number of piperazine rings is 1. The van der Waals surface area contributed by atoms with Gasteiger partial charge in [-0.25, -0.2) is 4.79 Å². The standard InChI is InChI=1S/C27H35N3O4/c1-26(2,3)34-25(32)30-17-16-28-22(23(30)20-10-12-21(33-4)13-11-20)24(31)29-27(14-15-27)18-19-8-6-5-7-9-19/h5-13,22-23,28H,14-18H2,1-4H3,(H,29,31). The molecule has 0 aromatic heterocycles. The van der Waals surface area contributed by atoms with Crippen molar-refractivity contribution in [3.63, 3.8) is 0 Å². The zero-order chi connectivity index (χ0) is 24.3. The summed E-state index contributed by atoms with van der Waals surface area (Å²) in [5, 5.41) is 6.68. The molecule has 0 radical (unpaired) electrons. The molecule has 2 aliphatic rings. The zero-order valence-electron chi connectivity index (χ0n) is 20.5. The molecule has 4 rings (SSSR count). The smallest absolute Gasteiger partial charge is 0.410 e. The van der Waals surface area contributed by atoms with Crippen molar-refractivity contribution in [2.24, 2.45) is 0 Å². The van der Waals surface area contributed by atoms with Crippen LogP contribution >= 0.6 is 0 Å². The Morgan fingerprint density at radius 3 is 2.35 bits per heavy atom. The Kier molecular flexibility index (Phi) is 6.84. The molecule has 2 atom stereocenters. The molecule has 7 nitrogen and oxygen atoms in total. The average molecular weight is 466 g/mol. The molecule has 2 fully saturated rings. The Labute approximate surface area is 201 Å². The van der Waals surface area contributed by atoms with Crippen LogP contribution in [-0.2, 0) is 16.0 Å². The highest BCUT2D eigenvalue weighted by atomic mass is 16.6. The maximum Gasteiger partial charge on any atom is 0.410 e. The van der Waals surface area contributed by atoms with Gasteiger partial charge in [0.05, 0.1) is 13.2 Å². The molecule has 0 spiro atoms. The Balaban J connectivity index is 1.58. The summed E-state index contributed by atoms with van der Waals surface area (Å²) in [5.74, 6) is 0.625. The number of benzene rings is 2. The molecule has 2 unspecified atom stereocenters. The van der Waals surface area contributed by atoms with Crippen LogP contribution in [0.4, 0.5) is 4.79 Å². The van der Waals surface area contributed by atoms with Crippen LogP contribution in [0.15, 0.2) is 54.6 Å². The van der Waals surface area contributed by atoms with E-state index in [1.54, 1.807) is 12.0 Å². The first-order valence-corrected chi connectivity index (χ1v) is 11.9. The number of hydrogen-bond acceptors (Lipinski definition) is 5. The fraction of sp³-hybridized carbons (Fsp3) is 0.481. The minimum absolute atomic E-state index is 0.0949. The predicted octanol–water partition coefficient (Wildman–Crippen LogP) is 3.84. The zero-order valence-corrected chi connectivity index (χ0v) is 20.5. The summed E-state index contributed by atoms with van der Waals surface area (Å²) in [6.45, 7) is 6.50. The van der Waals surface area contributed by atoms with E-state index in [0.29, 0.717) is 13.1 Å². The molecule has 1 heterocycles. The Morgan fingerprint density at radius 2 is 1.76 bits per heavy atom. The van der Waals surface area contributed by atoms with Gasteiger partial charge >= 0.3 is 6.09 Å². The third-order valence-corrected chi connectivity index (χ3v) is 6.36. The maximum atomic E-state index is 13.6. The molecule has 2 aromatic rings. The van der Waals surface area contributed by atoms with Gasteiger partial charge in [-0.2, -0.15) is 0 Å². The molecule has 0 bridgehead atoms. The Bertz CT molecular complexity index is 997. The number of ether oxygens (including phenoxy) is 2. The fourth-order valence-electron chi connectivity index (χ4n) is 4.53. The van der Waals surface area contributed by atoms with Crippen molar-refractivity contribution in [1.82, 2.24) is 15.5 Å². The average Bonchev–Trinajstić information content (AvgIpc) is 3.56. The number of nitrogens with one attached hydrogen (secondary N) is 2. The fourth-order valence-corrected chi connectivity index (χ4v) is 4.53. The monoisotopic (exact) mass is 465 g/mol. The van der Waals surface area contributed by atoms with Gasteiger partial charge < -0.3 is 20.1 Å². The van der Waals surface area contributed by atoms with Crippen LogP contribution in [0.2, 0.25) is 0 Å². The summed E-state index contributed by atoms with van der Waals surface area (Å²) in [6.07, 6.45) is 2.28. The normalized spacial score (nSPS) is 21.5. The largest absolute Gasteiger partial charge is 0.497 e. The summed E-state index contributed by atoms with van der Waals surface area (Å²) < 4.78 is 11.0. The first-order chi connectivity index (χ1) is 16.2. The van der Waals surface area contributed by atoms with E-state index in [9.17, 15) is 9.59 Å². The van der Waals surface area contributed by atoms with E-state index >= 15 is 0 Å². The van der Waals surface area contributed by atoms with Gasteiger partial charge in [-0.3, -0.25) is 9.69 Å². The van der Waals surface area contributed by atoms with Crippen LogP contribution in [0.3, 0.4) is 0 Å². The second-order valence-corrected chi connectivity index (χ2v) is 10.3. The van der Waals surface area contributed by atoms with E-state index in [1.165, 1.54) is 5.56 Å². The number of amides is 2. The highest BCUT2D eigenvalue weighted by molar-refractivity contribution is 5.85. The summed E-state index contributed by atoms with van der Waals surface area (Å²) in [4.78, 5) is 28.4. The highest BCUT2D eigenvalue weighted by Crippen LogP contribution is 2.39. The number of rotatable bonds is 6. The Morgan fingerprint density at radius 1 is 1.09 bits per heavy atom. The quantitative estimate of drug-likeness (QED) is 0.678. The summed E-state index contributed by atoms with van der Waals surface area (Å²) in [5.41, 5.74) is 1.21. The van der Waals surface area contributed by atoms with Crippen molar-refractivity contribution in [3.05, 3.63) is 65.7 Å². The molecule has 7 heteroatoms. The van der Waals surface area contributed by atoms with Crippen LogP contribution in [-0.4, -0.2) is 54.3 Å². The number of methoxy groups -OCH3 is 1. The van der Waals surface area contributed by atoms with Gasteiger partial charge in [0.2, 0.25) is 5.91 Å². The van der Waals surface area contributed by atoms with E-state index in [4.69, 9.17) is 9.47 Å². The van der Waals surface area contributed by atoms with Crippen molar-refractivity contribution in [2.75, 3.05) is 20.2 Å². The molecule has 1 saturated heterocycles. The lowest BCUT2D eigenvalue weighted by Gasteiger charge is -2.42. The topological polar surface area (TPSA) is 79.9 Å². The number of carbonyl (C=O) groups excluding carboxylic acids is 2. The van der Waals surface area contributed by atoms with E-state index < -0.39 is 23.8 Å². The lowest BCUT2D eigenvalue weighted by molar-refractivity contribution is -0.126. The molecule has 1 saturated carbocycles. The number of nitrogens with zero attached hydrogens (tertiary/aromatic N) is 1. The molecular weight excluding hydrogens is 430 g/mol. The number of carbonyl (C=O) groups is 2. The van der Waals surface area contributed by atoms with Gasteiger partial charge in [0.15, 0.2) is 0 Å². The van der Waals surface area contributed by atoms with Crippen LogP contribution in [0, 0.1) is 0 Å². The third kappa shape index (κ3) is 5.70. The van der Waals surface area contributed by atoms with Crippen molar-refractivity contribution in [2.45, 2.75) is 63.3 Å². The lowest BCUT2D eigenvalue weighted by Crippen LogP contribution is -2.61. The van der Waals surface area contributed by atoms with Crippen molar-refractivity contribution in [3.8, 4) is 5.75 Å². The SMILES string of the molecule is COc1ccc(C2C(C(=O)NC3(Cc4ccccc4)CC3)NCCN2C(=O)OC(C)(C)C)cc1. The molecule has 1 aliphatic carbocycles. The molecule has 2 amide bonds. The van der Waals surface area contributed by atoms with Crippen LogP contribution in [0.25, 0.3) is 0 Å². The van der Waals surface area contributed by atoms with Crippen LogP contribution in [0.5, 0.6) is 5.75 Å². The summed E-state index contributed by atoms with van der Waals surface area (Å²) >= 11 is 0. The minimum atomic E-state index is -0.627. The highest BCUT2D eigenvalue weighted by Gasteiger charge is 2.48. The van der Waals surface area contributed by atoms with Gasteiger partial charge in [-0.05, 0) is 63.3 Å². The molecule has 34 heavy (non-hydrogen) atoms. The second kappa shape index (κ2) is 9.66. The van der Waals surface area contributed by atoms with Crippen molar-refractivity contribution >= 4 is 12.0 Å². The number of hydrogen-bond donors (Lipinski definition) is 2. The first-order valence-electron chi connectivity index (χ1n) is 11.9. The molecule has 182 valence electrons. The third-order valence-electron chi connectivity index (χ3n) is 6.36. The van der Waals surface area contributed by atoms with E-state index in [1.807, 2.05) is 63.2 Å². The minimum Gasteiger partial charge on any atom is -0.497 e. The Hall–Kier alpha value is -3.06. The van der Waals surface area contributed by atoms with E-state index in [2.05, 4.69) is 22.8 Å². The summed E-state index contributed by atoms with van der Waals surface area (Å²) in [7, 11) is 1.61. The van der Waals surface area contributed by atoms with E-state index in [0.717, 1.165) is 30.6 Å². The van der Waals surface area contributed by atoms with Gasteiger partial charge in [0.25, 0.3) is 0 Å². The van der Waals surface area contributed by atoms with Crippen LogP contribution < -0.4 is 15.4 Å². The first kappa shape index (κ1) is 24.1. The maximum absolute atomic E-state index is 13.6. The lowest BCUT2D eigenvalue weighted by atomic mass is 9.94. The molecule has 2 aromatic carbocycles. The van der Waals surface area contributed by atoms with Crippen molar-refractivity contribution in [1.29, 1.82) is 0 Å². The van der Waals surface area contributed by atoms with Gasteiger partial charge in [0, 0.05) is 18.6 Å². The van der Waals surface area contributed by atoms with Gasteiger partial charge in [-0.15, -0.1) is 0 Å². The molecular formula is C27H35N3O4. The molecule has 2 N–H and O–H groups in total. The predicted molar refractivity (Wildman–Crippen MR) is 131 cm³/mol. The van der Waals surface area contributed by atoms with Crippen molar-refractivity contribution < 1.29 is 19.1 Å². The van der Waals surface area contributed by atoms with Gasteiger partial charge in [-0.1, -0.05) is 42.5 Å². The van der Waals surface area contributed by atoms with Crippen LogP contribution in [0.1, 0.15) is 50.8 Å². The summed E-state index contributed by atoms with van der Waals surface area (Å²) in [6, 6.07) is 16.7. The van der Waals surface area contributed by atoms with E-state index in [-0.39, 0.29) is 11.4 Å². The molecule has 1 aliphatic heterocycles. The second-order valence-electron chi connectivity index (χ2n) is 10.3.